The Morgan fingerprint density at radius 1 is 0.906 bits per heavy atom. The Morgan fingerprint density at radius 3 is 2.38 bits per heavy atom. The number of fused-ring (bicyclic) bond motifs is 1. The highest BCUT2D eigenvalue weighted by Crippen LogP contribution is 2.25. The van der Waals surface area contributed by atoms with Gasteiger partial charge in [0.1, 0.15) is 5.82 Å². The summed E-state index contributed by atoms with van der Waals surface area (Å²) in [6.45, 7) is 2.01. The molecule has 1 aliphatic rings. The van der Waals surface area contributed by atoms with Gasteiger partial charge in [0.25, 0.3) is 0 Å². The van der Waals surface area contributed by atoms with Crippen LogP contribution in [0.4, 0.5) is 5.13 Å². The van der Waals surface area contributed by atoms with Gasteiger partial charge in [-0.1, -0.05) is 54.1 Å². The minimum Gasteiger partial charge on any atom is -0.344 e. The van der Waals surface area contributed by atoms with Crippen molar-refractivity contribution >= 4 is 49.1 Å². The summed E-state index contributed by atoms with van der Waals surface area (Å²) in [6.07, 6.45) is 0.643. The Hall–Kier alpha value is -2.52. The van der Waals surface area contributed by atoms with E-state index in [4.69, 9.17) is 11.6 Å². The lowest BCUT2D eigenvalue weighted by atomic mass is 10.1. The average Bonchev–Trinajstić information content (AvgIpc) is 3.29. The second-order valence-corrected chi connectivity index (χ2v) is 10.8. The lowest BCUT2D eigenvalue weighted by molar-refractivity contribution is 0.384. The van der Waals surface area contributed by atoms with E-state index in [-0.39, 0.29) is 0 Å². The van der Waals surface area contributed by atoms with Gasteiger partial charge in [0.05, 0.1) is 4.90 Å². The van der Waals surface area contributed by atoms with Crippen molar-refractivity contribution in [2.75, 3.05) is 31.1 Å². The normalized spacial score (nSPS) is 15.3. The Bertz CT molecular complexity index is 1350. The summed E-state index contributed by atoms with van der Waals surface area (Å²) in [5.41, 5.74) is 1.10. The Morgan fingerprint density at radius 2 is 1.62 bits per heavy atom. The molecule has 0 bridgehead atoms. The van der Waals surface area contributed by atoms with E-state index in [2.05, 4.69) is 14.3 Å². The molecule has 5 rings (SSSR count). The summed E-state index contributed by atoms with van der Waals surface area (Å²) < 4.78 is 32.4. The third-order valence-electron chi connectivity index (χ3n) is 5.60. The maximum Gasteiger partial charge on any atom is 0.243 e. The molecule has 0 radical (unpaired) electrons. The number of anilines is 1. The van der Waals surface area contributed by atoms with Crippen molar-refractivity contribution in [3.05, 3.63) is 83.1 Å². The zero-order chi connectivity index (χ0) is 22.1. The van der Waals surface area contributed by atoms with E-state index in [1.807, 2.05) is 54.6 Å². The molecule has 164 valence electrons. The first kappa shape index (κ1) is 21.3. The highest BCUT2D eigenvalue weighted by molar-refractivity contribution is 7.89. The largest absolute Gasteiger partial charge is 0.344 e. The zero-order valence-corrected chi connectivity index (χ0v) is 19.6. The maximum absolute atomic E-state index is 13.2. The molecular weight excluding hydrogens is 464 g/mol. The van der Waals surface area contributed by atoms with Gasteiger partial charge in [-0.15, -0.1) is 0 Å². The summed E-state index contributed by atoms with van der Waals surface area (Å²) >= 11 is 7.30. The smallest absolute Gasteiger partial charge is 0.243 e. The molecule has 3 aromatic carbocycles. The molecule has 9 heteroatoms. The average molecular weight is 485 g/mol. The molecule has 0 saturated carbocycles. The SMILES string of the molecule is O=S(=O)(c1ccc2ccccc2c1)N1CCN(c2nc(Cc3ccc(Cl)cc3)ns2)CC1. The quantitative estimate of drug-likeness (QED) is 0.419. The van der Waals surface area contributed by atoms with E-state index in [1.165, 1.54) is 11.5 Å². The predicted octanol–water partition coefficient (Wildman–Crippen LogP) is 4.45. The molecule has 32 heavy (non-hydrogen) atoms. The molecule has 1 saturated heterocycles. The summed E-state index contributed by atoms with van der Waals surface area (Å²) in [7, 11) is -3.53. The number of rotatable bonds is 5. The zero-order valence-electron chi connectivity index (χ0n) is 17.2. The summed E-state index contributed by atoms with van der Waals surface area (Å²) in [4.78, 5) is 7.11. The van der Waals surface area contributed by atoms with E-state index in [0.29, 0.717) is 42.5 Å². The second kappa shape index (κ2) is 8.78. The Kier molecular flexibility index (Phi) is 5.86. The van der Waals surface area contributed by atoms with Crippen LogP contribution in [0.2, 0.25) is 5.02 Å². The highest BCUT2D eigenvalue weighted by Gasteiger charge is 2.29. The lowest BCUT2D eigenvalue weighted by Gasteiger charge is -2.33. The summed E-state index contributed by atoms with van der Waals surface area (Å²) in [5, 5.41) is 3.49. The van der Waals surface area contributed by atoms with Crippen molar-refractivity contribution in [2.24, 2.45) is 0 Å². The first-order valence-electron chi connectivity index (χ1n) is 10.3. The van der Waals surface area contributed by atoms with E-state index >= 15 is 0 Å². The van der Waals surface area contributed by atoms with Crippen LogP contribution in [0.3, 0.4) is 0 Å². The van der Waals surface area contributed by atoms with Crippen LogP contribution in [0.5, 0.6) is 0 Å². The third kappa shape index (κ3) is 4.36. The topological polar surface area (TPSA) is 66.4 Å². The van der Waals surface area contributed by atoms with Crippen molar-refractivity contribution in [1.29, 1.82) is 0 Å². The minimum atomic E-state index is -3.53. The molecule has 0 amide bonds. The first-order chi connectivity index (χ1) is 15.5. The monoisotopic (exact) mass is 484 g/mol. The number of sulfonamides is 1. The van der Waals surface area contributed by atoms with Gasteiger partial charge in [0.2, 0.25) is 15.2 Å². The Balaban J connectivity index is 1.25. The fourth-order valence-corrected chi connectivity index (χ4v) is 6.15. The van der Waals surface area contributed by atoms with Crippen LogP contribution in [0, 0.1) is 0 Å². The number of halogens is 1. The number of benzene rings is 3. The first-order valence-corrected chi connectivity index (χ1v) is 12.9. The van der Waals surface area contributed by atoms with Crippen molar-refractivity contribution < 1.29 is 8.42 Å². The van der Waals surface area contributed by atoms with Crippen molar-refractivity contribution in [3.8, 4) is 0 Å². The van der Waals surface area contributed by atoms with E-state index in [1.54, 1.807) is 16.4 Å². The van der Waals surface area contributed by atoms with Crippen LogP contribution in [-0.2, 0) is 16.4 Å². The van der Waals surface area contributed by atoms with Gasteiger partial charge in [0.15, 0.2) is 0 Å². The van der Waals surface area contributed by atoms with Gasteiger partial charge in [-0.25, -0.2) is 13.4 Å². The van der Waals surface area contributed by atoms with Gasteiger partial charge in [-0.2, -0.15) is 8.68 Å². The molecule has 4 aromatic rings. The molecule has 0 N–H and O–H groups in total. The molecule has 0 atom stereocenters. The molecule has 1 aromatic heterocycles. The van der Waals surface area contributed by atoms with Crippen LogP contribution in [0.1, 0.15) is 11.4 Å². The highest BCUT2D eigenvalue weighted by atomic mass is 35.5. The molecule has 2 heterocycles. The van der Waals surface area contributed by atoms with Gasteiger partial charge in [-0.3, -0.25) is 0 Å². The lowest BCUT2D eigenvalue weighted by Crippen LogP contribution is -2.48. The van der Waals surface area contributed by atoms with Crippen LogP contribution in [0.25, 0.3) is 10.8 Å². The molecule has 1 fully saturated rings. The minimum absolute atomic E-state index is 0.339. The van der Waals surface area contributed by atoms with Crippen LogP contribution >= 0.6 is 23.1 Å². The van der Waals surface area contributed by atoms with Crippen LogP contribution in [0.15, 0.2) is 71.6 Å². The fourth-order valence-electron chi connectivity index (χ4n) is 3.83. The van der Waals surface area contributed by atoms with Crippen molar-refractivity contribution in [1.82, 2.24) is 13.7 Å². The predicted molar refractivity (Wildman–Crippen MR) is 129 cm³/mol. The second-order valence-electron chi connectivity index (χ2n) is 7.70. The molecular formula is C23H21ClN4O2S2. The molecule has 6 nitrogen and oxygen atoms in total. The molecule has 0 unspecified atom stereocenters. The fraction of sp³-hybridized carbons (Fsp3) is 0.217. The van der Waals surface area contributed by atoms with Gasteiger partial charge in [-0.05, 0) is 40.6 Å². The standard InChI is InChI=1S/C23H21ClN4O2S2/c24-20-8-5-17(6-9-20)15-22-25-23(31-26-22)27-11-13-28(14-12-27)32(29,30)21-10-7-18-3-1-2-4-19(18)16-21/h1-10,16H,11-15H2. The van der Waals surface area contributed by atoms with Crippen molar-refractivity contribution in [3.63, 3.8) is 0 Å². The van der Waals surface area contributed by atoms with Crippen LogP contribution in [-0.4, -0.2) is 48.3 Å². The molecule has 0 aliphatic carbocycles. The Labute approximate surface area is 196 Å². The summed E-state index contributed by atoms with van der Waals surface area (Å²) in [6, 6.07) is 20.8. The van der Waals surface area contributed by atoms with E-state index in [9.17, 15) is 8.42 Å². The van der Waals surface area contributed by atoms with Gasteiger partial charge in [0, 0.05) is 49.2 Å². The number of nitrogens with zero attached hydrogens (tertiary/aromatic N) is 4. The van der Waals surface area contributed by atoms with E-state index < -0.39 is 10.0 Å². The number of piperazine rings is 1. The molecule has 1 aliphatic heterocycles. The number of hydrogen-bond acceptors (Lipinski definition) is 6. The van der Waals surface area contributed by atoms with Gasteiger partial charge >= 0.3 is 0 Å². The van der Waals surface area contributed by atoms with Gasteiger partial charge < -0.3 is 4.90 Å². The van der Waals surface area contributed by atoms with E-state index in [0.717, 1.165) is 27.3 Å². The maximum atomic E-state index is 13.2. The van der Waals surface area contributed by atoms with Crippen molar-refractivity contribution in [2.45, 2.75) is 11.3 Å². The van der Waals surface area contributed by atoms with Crippen LogP contribution < -0.4 is 4.90 Å². The summed E-state index contributed by atoms with van der Waals surface area (Å²) in [5.74, 6) is 0.763. The third-order valence-corrected chi connectivity index (χ3v) is 8.56. The number of aromatic nitrogens is 2. The molecule has 0 spiro atoms. The number of hydrogen-bond donors (Lipinski definition) is 0.